The third kappa shape index (κ3) is 2.69. The molecule has 0 spiro atoms. The van der Waals surface area contributed by atoms with Crippen molar-refractivity contribution in [2.75, 3.05) is 18.0 Å². The highest BCUT2D eigenvalue weighted by atomic mass is 16.4. The summed E-state index contributed by atoms with van der Waals surface area (Å²) in [5.74, 6) is -0.943. The number of hydrogen-bond acceptors (Lipinski definition) is 4. The van der Waals surface area contributed by atoms with Crippen molar-refractivity contribution in [1.82, 2.24) is 4.98 Å². The molecular formula is C16H18N2O3. The number of anilines is 1. The molecule has 1 aromatic heterocycles. The van der Waals surface area contributed by atoms with Gasteiger partial charge in [-0.15, -0.1) is 0 Å². The van der Waals surface area contributed by atoms with Crippen molar-refractivity contribution in [3.63, 3.8) is 0 Å². The summed E-state index contributed by atoms with van der Waals surface area (Å²) in [6.45, 7) is 3.39. The molecule has 110 valence electrons. The van der Waals surface area contributed by atoms with Crippen molar-refractivity contribution in [2.24, 2.45) is 0 Å². The van der Waals surface area contributed by atoms with Gasteiger partial charge in [-0.2, -0.15) is 0 Å². The third-order valence-corrected chi connectivity index (χ3v) is 4.16. The highest BCUT2D eigenvalue weighted by molar-refractivity contribution is 6.03. The first-order chi connectivity index (χ1) is 9.96. The van der Waals surface area contributed by atoms with Gasteiger partial charge in [0.15, 0.2) is 0 Å². The van der Waals surface area contributed by atoms with Crippen LogP contribution < -0.4 is 4.90 Å². The molecule has 1 aromatic carbocycles. The maximum Gasteiger partial charge on any atom is 0.336 e. The standard InChI is InChI=1S/C16H18N2O3/c1-16(21)5-8-18(9-6-16)11-2-3-14-13(10-11)12(15(19)20)4-7-17-14/h2-4,7,10,21H,5-6,8-9H2,1H3,(H,19,20). The number of aliphatic hydroxyl groups is 1. The van der Waals surface area contributed by atoms with E-state index in [-0.39, 0.29) is 5.56 Å². The molecule has 0 atom stereocenters. The second kappa shape index (κ2) is 5.00. The molecule has 1 fully saturated rings. The molecule has 1 aliphatic heterocycles. The number of benzene rings is 1. The first-order valence-electron chi connectivity index (χ1n) is 7.06. The van der Waals surface area contributed by atoms with E-state index in [1.54, 1.807) is 0 Å². The fourth-order valence-electron chi connectivity index (χ4n) is 2.76. The minimum absolute atomic E-state index is 0.269. The maximum atomic E-state index is 11.3. The van der Waals surface area contributed by atoms with Crippen molar-refractivity contribution >= 4 is 22.6 Å². The zero-order chi connectivity index (χ0) is 15.0. The summed E-state index contributed by atoms with van der Waals surface area (Å²) in [7, 11) is 0. The van der Waals surface area contributed by atoms with Crippen molar-refractivity contribution in [1.29, 1.82) is 0 Å². The predicted octanol–water partition coefficient (Wildman–Crippen LogP) is 2.28. The lowest BCUT2D eigenvalue weighted by molar-refractivity contribution is 0.0351. The van der Waals surface area contributed by atoms with Gasteiger partial charge in [-0.05, 0) is 44.0 Å². The molecule has 5 heteroatoms. The number of nitrogens with zero attached hydrogens (tertiary/aromatic N) is 2. The first kappa shape index (κ1) is 13.8. The number of fused-ring (bicyclic) bond motifs is 1. The van der Waals surface area contributed by atoms with Crippen LogP contribution in [0.2, 0.25) is 0 Å². The molecular weight excluding hydrogens is 268 g/mol. The van der Waals surface area contributed by atoms with Crippen LogP contribution in [-0.4, -0.2) is 39.9 Å². The monoisotopic (exact) mass is 286 g/mol. The minimum Gasteiger partial charge on any atom is -0.478 e. The fraction of sp³-hybridized carbons (Fsp3) is 0.375. The van der Waals surface area contributed by atoms with E-state index >= 15 is 0 Å². The molecule has 0 saturated carbocycles. The molecule has 2 aromatic rings. The van der Waals surface area contributed by atoms with Crippen LogP contribution in [0.1, 0.15) is 30.1 Å². The first-order valence-corrected chi connectivity index (χ1v) is 7.06. The number of carboxylic acids is 1. The van der Waals surface area contributed by atoms with E-state index in [2.05, 4.69) is 9.88 Å². The lowest BCUT2D eigenvalue weighted by Crippen LogP contribution is -2.42. The van der Waals surface area contributed by atoms with E-state index < -0.39 is 11.6 Å². The Morgan fingerprint density at radius 2 is 2.00 bits per heavy atom. The second-order valence-electron chi connectivity index (χ2n) is 5.85. The van der Waals surface area contributed by atoms with E-state index in [1.165, 1.54) is 12.3 Å². The molecule has 1 saturated heterocycles. The number of piperidine rings is 1. The Bertz CT molecular complexity index is 687. The Morgan fingerprint density at radius 3 is 2.67 bits per heavy atom. The molecule has 5 nitrogen and oxygen atoms in total. The van der Waals surface area contributed by atoms with Crippen LogP contribution in [0.3, 0.4) is 0 Å². The maximum absolute atomic E-state index is 11.3. The lowest BCUT2D eigenvalue weighted by atomic mass is 9.93. The van der Waals surface area contributed by atoms with Crippen LogP contribution in [0.5, 0.6) is 0 Å². The topological polar surface area (TPSA) is 73.7 Å². The summed E-state index contributed by atoms with van der Waals surface area (Å²) in [4.78, 5) is 17.7. The van der Waals surface area contributed by atoms with Crippen LogP contribution in [0.4, 0.5) is 5.69 Å². The molecule has 0 aliphatic carbocycles. The average Bonchev–Trinajstić information content (AvgIpc) is 2.46. The van der Waals surface area contributed by atoms with Gasteiger partial charge in [0.1, 0.15) is 0 Å². The number of rotatable bonds is 2. The van der Waals surface area contributed by atoms with Crippen LogP contribution >= 0.6 is 0 Å². The van der Waals surface area contributed by atoms with Crippen molar-refractivity contribution in [2.45, 2.75) is 25.4 Å². The Morgan fingerprint density at radius 1 is 1.29 bits per heavy atom. The van der Waals surface area contributed by atoms with E-state index in [9.17, 15) is 15.0 Å². The normalized spacial score (nSPS) is 17.9. The summed E-state index contributed by atoms with van der Waals surface area (Å²) < 4.78 is 0. The van der Waals surface area contributed by atoms with Crippen molar-refractivity contribution in [3.05, 3.63) is 36.0 Å². The number of hydrogen-bond donors (Lipinski definition) is 2. The molecule has 1 aliphatic rings. The molecule has 0 amide bonds. The SMILES string of the molecule is CC1(O)CCN(c2ccc3nccc(C(=O)O)c3c2)CC1. The Labute approximate surface area is 122 Å². The summed E-state index contributed by atoms with van der Waals surface area (Å²) >= 11 is 0. The lowest BCUT2D eigenvalue weighted by Gasteiger charge is -2.37. The molecule has 2 N–H and O–H groups in total. The summed E-state index contributed by atoms with van der Waals surface area (Å²) in [6.07, 6.45) is 2.94. The largest absolute Gasteiger partial charge is 0.478 e. The van der Waals surface area contributed by atoms with Crippen molar-refractivity contribution < 1.29 is 15.0 Å². The number of carboxylic acid groups (broad SMARTS) is 1. The predicted molar refractivity (Wildman–Crippen MR) is 80.8 cm³/mol. The van der Waals surface area contributed by atoms with Crippen LogP contribution in [0, 0.1) is 0 Å². The number of pyridine rings is 1. The smallest absolute Gasteiger partial charge is 0.336 e. The van der Waals surface area contributed by atoms with Gasteiger partial charge < -0.3 is 15.1 Å². The Kier molecular flexibility index (Phi) is 3.29. The van der Waals surface area contributed by atoms with E-state index in [0.717, 1.165) is 18.8 Å². The molecule has 0 radical (unpaired) electrons. The average molecular weight is 286 g/mol. The fourth-order valence-corrected chi connectivity index (χ4v) is 2.76. The van der Waals surface area contributed by atoms with E-state index in [1.807, 2.05) is 25.1 Å². The number of aromatic carboxylic acids is 1. The van der Waals surface area contributed by atoms with Crippen LogP contribution in [0.25, 0.3) is 10.9 Å². The quantitative estimate of drug-likeness (QED) is 0.886. The number of carbonyl (C=O) groups is 1. The van der Waals surface area contributed by atoms with Gasteiger partial charge in [0.2, 0.25) is 0 Å². The van der Waals surface area contributed by atoms with Crippen LogP contribution in [0.15, 0.2) is 30.5 Å². The molecule has 21 heavy (non-hydrogen) atoms. The zero-order valence-corrected chi connectivity index (χ0v) is 11.9. The Balaban J connectivity index is 1.97. The van der Waals surface area contributed by atoms with Gasteiger partial charge >= 0.3 is 5.97 Å². The third-order valence-electron chi connectivity index (χ3n) is 4.16. The van der Waals surface area contributed by atoms with Crippen LogP contribution in [-0.2, 0) is 0 Å². The highest BCUT2D eigenvalue weighted by Gasteiger charge is 2.27. The molecule has 2 heterocycles. The van der Waals surface area contributed by atoms with Gasteiger partial charge in [0, 0.05) is 30.4 Å². The van der Waals surface area contributed by atoms with Gasteiger partial charge in [-0.3, -0.25) is 4.98 Å². The van der Waals surface area contributed by atoms with Crippen molar-refractivity contribution in [3.8, 4) is 0 Å². The minimum atomic E-state index is -0.943. The molecule has 3 rings (SSSR count). The van der Waals surface area contributed by atoms with Gasteiger partial charge in [0.05, 0.1) is 16.7 Å². The highest BCUT2D eigenvalue weighted by Crippen LogP contribution is 2.28. The molecule has 0 unspecified atom stereocenters. The van der Waals surface area contributed by atoms with E-state index in [4.69, 9.17) is 0 Å². The Hall–Kier alpha value is -2.14. The summed E-state index contributed by atoms with van der Waals surface area (Å²) in [5, 5.41) is 19.9. The van der Waals surface area contributed by atoms with Gasteiger partial charge in [-0.25, -0.2) is 4.79 Å². The summed E-state index contributed by atoms with van der Waals surface area (Å²) in [5.41, 5.74) is 1.34. The second-order valence-corrected chi connectivity index (χ2v) is 5.85. The van der Waals surface area contributed by atoms with Gasteiger partial charge in [-0.1, -0.05) is 0 Å². The molecule has 0 bridgehead atoms. The zero-order valence-electron chi connectivity index (χ0n) is 11.9. The summed E-state index contributed by atoms with van der Waals surface area (Å²) in [6, 6.07) is 7.21. The number of aromatic nitrogens is 1. The van der Waals surface area contributed by atoms with Gasteiger partial charge in [0.25, 0.3) is 0 Å². The van der Waals surface area contributed by atoms with E-state index in [0.29, 0.717) is 23.7 Å².